The third-order valence-corrected chi connectivity index (χ3v) is 2.73. The molecule has 0 aliphatic carbocycles. The second-order valence-corrected chi connectivity index (χ2v) is 4.46. The average Bonchev–Trinajstić information content (AvgIpc) is 2.64. The molecule has 0 spiro atoms. The molecule has 1 N–H and O–H groups in total. The zero-order chi connectivity index (χ0) is 10.4. The van der Waals surface area contributed by atoms with E-state index in [9.17, 15) is 0 Å². The van der Waals surface area contributed by atoms with E-state index in [1.54, 1.807) is 11.3 Å². The fourth-order valence-corrected chi connectivity index (χ4v) is 1.90. The lowest BCUT2D eigenvalue weighted by Gasteiger charge is -2.13. The molecule has 0 bridgehead atoms. The van der Waals surface area contributed by atoms with Crippen LogP contribution in [-0.2, 0) is 0 Å². The van der Waals surface area contributed by atoms with Gasteiger partial charge in [0.25, 0.3) is 0 Å². The van der Waals surface area contributed by atoms with Gasteiger partial charge in [-0.05, 0) is 40.5 Å². The van der Waals surface area contributed by atoms with Crippen LogP contribution in [0.1, 0.15) is 25.1 Å². The third kappa shape index (κ3) is 4.17. The molecule has 1 heterocycles. The highest BCUT2D eigenvalue weighted by Crippen LogP contribution is 2.11. The lowest BCUT2D eigenvalue weighted by atomic mass is 10.2. The molecule has 3 nitrogen and oxygen atoms in total. The van der Waals surface area contributed by atoms with Crippen molar-refractivity contribution in [2.45, 2.75) is 19.4 Å². The van der Waals surface area contributed by atoms with Crippen molar-refractivity contribution < 1.29 is 0 Å². The van der Waals surface area contributed by atoms with E-state index in [1.165, 1.54) is 6.42 Å². The highest BCUT2D eigenvalue weighted by molar-refractivity contribution is 7.07. The Bertz CT molecular complexity index is 234. The number of hydrogen-bond acceptors (Lipinski definition) is 4. The molecular formula is C10H19N3S. The number of thiazole rings is 1. The van der Waals surface area contributed by atoms with Gasteiger partial charge in [0.15, 0.2) is 0 Å². The minimum Gasteiger partial charge on any atom is -0.309 e. The van der Waals surface area contributed by atoms with Crippen LogP contribution in [0.5, 0.6) is 0 Å². The van der Waals surface area contributed by atoms with Crippen molar-refractivity contribution in [1.29, 1.82) is 0 Å². The van der Waals surface area contributed by atoms with Gasteiger partial charge >= 0.3 is 0 Å². The molecule has 14 heavy (non-hydrogen) atoms. The van der Waals surface area contributed by atoms with E-state index in [1.807, 2.05) is 5.51 Å². The first-order valence-electron chi connectivity index (χ1n) is 4.96. The molecule has 4 heteroatoms. The highest BCUT2D eigenvalue weighted by Gasteiger charge is 2.05. The Morgan fingerprint density at radius 2 is 2.36 bits per heavy atom. The van der Waals surface area contributed by atoms with Gasteiger partial charge in [0.2, 0.25) is 0 Å². The van der Waals surface area contributed by atoms with Crippen LogP contribution in [0.4, 0.5) is 0 Å². The van der Waals surface area contributed by atoms with Crippen molar-refractivity contribution in [3.05, 3.63) is 16.6 Å². The summed E-state index contributed by atoms with van der Waals surface area (Å²) in [5.41, 5.74) is 3.03. The second-order valence-electron chi connectivity index (χ2n) is 3.75. The number of aromatic nitrogens is 1. The van der Waals surface area contributed by atoms with E-state index in [0.717, 1.165) is 18.8 Å². The monoisotopic (exact) mass is 213 g/mol. The first-order chi connectivity index (χ1) is 6.70. The first-order valence-corrected chi connectivity index (χ1v) is 5.90. The Labute approximate surface area is 90.2 Å². The summed E-state index contributed by atoms with van der Waals surface area (Å²) >= 11 is 1.65. The van der Waals surface area contributed by atoms with Gasteiger partial charge in [0.1, 0.15) is 0 Å². The summed E-state index contributed by atoms with van der Waals surface area (Å²) in [4.78, 5) is 6.48. The largest absolute Gasteiger partial charge is 0.309 e. The van der Waals surface area contributed by atoms with E-state index < -0.39 is 0 Å². The molecule has 1 aromatic heterocycles. The molecule has 0 amide bonds. The fraction of sp³-hybridized carbons (Fsp3) is 0.700. The van der Waals surface area contributed by atoms with Crippen LogP contribution < -0.4 is 5.32 Å². The normalized spacial score (nSPS) is 13.4. The number of nitrogens with one attached hydrogen (secondary N) is 1. The third-order valence-electron chi connectivity index (χ3n) is 2.13. The molecule has 0 radical (unpaired) electrons. The predicted octanol–water partition coefficient (Wildman–Crippen LogP) is 1.75. The minimum atomic E-state index is 0.378. The van der Waals surface area contributed by atoms with Crippen molar-refractivity contribution >= 4 is 11.3 Å². The van der Waals surface area contributed by atoms with Crippen molar-refractivity contribution in [2.75, 3.05) is 27.2 Å². The van der Waals surface area contributed by atoms with Crippen molar-refractivity contribution in [1.82, 2.24) is 15.2 Å². The van der Waals surface area contributed by atoms with Crippen LogP contribution >= 0.6 is 11.3 Å². The fourth-order valence-electron chi connectivity index (χ4n) is 1.25. The summed E-state index contributed by atoms with van der Waals surface area (Å²) in [6.45, 7) is 4.35. The van der Waals surface area contributed by atoms with Gasteiger partial charge in [-0.2, -0.15) is 0 Å². The van der Waals surface area contributed by atoms with Crippen LogP contribution in [0.25, 0.3) is 0 Å². The zero-order valence-electron chi connectivity index (χ0n) is 9.16. The second kappa shape index (κ2) is 6.11. The van der Waals surface area contributed by atoms with Crippen molar-refractivity contribution in [3.8, 4) is 0 Å². The topological polar surface area (TPSA) is 28.2 Å². The Balaban J connectivity index is 2.13. The van der Waals surface area contributed by atoms with Crippen LogP contribution in [0.3, 0.4) is 0 Å². The van der Waals surface area contributed by atoms with Gasteiger partial charge < -0.3 is 10.2 Å². The maximum Gasteiger partial charge on any atom is 0.0795 e. The standard InChI is InChI=1S/C10H19N3S/c1-9(10-7-14-8-12-10)11-5-4-6-13(2)3/h7-9,11H,4-6H2,1-3H3. The molecule has 0 saturated carbocycles. The highest BCUT2D eigenvalue weighted by atomic mass is 32.1. The first kappa shape index (κ1) is 11.6. The van der Waals surface area contributed by atoms with E-state index in [2.05, 4.69) is 41.6 Å². The molecule has 0 fully saturated rings. The number of nitrogens with zero attached hydrogens (tertiary/aromatic N) is 2. The summed E-state index contributed by atoms with van der Waals surface area (Å²) in [6, 6.07) is 0.378. The minimum absolute atomic E-state index is 0.378. The summed E-state index contributed by atoms with van der Waals surface area (Å²) < 4.78 is 0. The van der Waals surface area contributed by atoms with Gasteiger partial charge in [-0.1, -0.05) is 0 Å². The van der Waals surface area contributed by atoms with Crippen LogP contribution in [0.2, 0.25) is 0 Å². The van der Waals surface area contributed by atoms with Gasteiger partial charge in [0.05, 0.1) is 11.2 Å². The van der Waals surface area contributed by atoms with Gasteiger partial charge in [-0.15, -0.1) is 11.3 Å². The van der Waals surface area contributed by atoms with E-state index in [0.29, 0.717) is 6.04 Å². The maximum atomic E-state index is 4.28. The summed E-state index contributed by atoms with van der Waals surface area (Å²) in [5.74, 6) is 0. The van der Waals surface area contributed by atoms with Crippen LogP contribution in [0, 0.1) is 0 Å². The number of hydrogen-bond donors (Lipinski definition) is 1. The molecule has 1 unspecified atom stereocenters. The van der Waals surface area contributed by atoms with Crippen molar-refractivity contribution in [3.63, 3.8) is 0 Å². The molecule has 1 rings (SSSR count). The molecule has 0 saturated heterocycles. The Kier molecular flexibility index (Phi) is 5.07. The summed E-state index contributed by atoms with van der Waals surface area (Å²) in [5, 5.41) is 5.56. The smallest absolute Gasteiger partial charge is 0.0795 e. The molecule has 1 atom stereocenters. The van der Waals surface area contributed by atoms with Crippen molar-refractivity contribution in [2.24, 2.45) is 0 Å². The van der Waals surface area contributed by atoms with Crippen LogP contribution in [0.15, 0.2) is 10.9 Å². The zero-order valence-corrected chi connectivity index (χ0v) is 9.97. The molecular weight excluding hydrogens is 194 g/mol. The van der Waals surface area contributed by atoms with E-state index >= 15 is 0 Å². The molecule has 0 aromatic carbocycles. The lowest BCUT2D eigenvalue weighted by Crippen LogP contribution is -2.23. The average molecular weight is 213 g/mol. The van der Waals surface area contributed by atoms with Gasteiger partial charge in [0, 0.05) is 11.4 Å². The molecule has 1 aromatic rings. The SMILES string of the molecule is CC(NCCCN(C)C)c1cscn1. The number of rotatable bonds is 6. The molecule has 0 aliphatic heterocycles. The Hall–Kier alpha value is -0.450. The maximum absolute atomic E-state index is 4.28. The van der Waals surface area contributed by atoms with E-state index in [4.69, 9.17) is 0 Å². The Morgan fingerprint density at radius 3 is 2.93 bits per heavy atom. The van der Waals surface area contributed by atoms with E-state index in [-0.39, 0.29) is 0 Å². The summed E-state index contributed by atoms with van der Waals surface area (Å²) in [7, 11) is 4.20. The van der Waals surface area contributed by atoms with Gasteiger partial charge in [-0.3, -0.25) is 0 Å². The van der Waals surface area contributed by atoms with Gasteiger partial charge in [-0.25, -0.2) is 4.98 Å². The van der Waals surface area contributed by atoms with Crippen LogP contribution in [-0.4, -0.2) is 37.1 Å². The predicted molar refractivity (Wildman–Crippen MR) is 61.7 cm³/mol. The summed E-state index contributed by atoms with van der Waals surface area (Å²) in [6.07, 6.45) is 1.18. The lowest BCUT2D eigenvalue weighted by molar-refractivity contribution is 0.388. The quantitative estimate of drug-likeness (QED) is 0.730. The molecule has 80 valence electrons. The Morgan fingerprint density at radius 1 is 1.57 bits per heavy atom. The molecule has 0 aliphatic rings.